The number of ether oxygens (including phenoxy) is 1. The SMILES string of the molecule is O=C(O)COc1c(C(=O)O)sc(-c2cccc(NC3CCN(c4ncccn4)CC3)c2)c1Br. The Hall–Kier alpha value is -3.18. The molecule has 11 heteroatoms. The molecule has 0 amide bonds. The van der Waals surface area contributed by atoms with Crippen LogP contribution in [0, 0.1) is 0 Å². The van der Waals surface area contributed by atoms with E-state index in [4.69, 9.17) is 9.84 Å². The number of anilines is 2. The Labute approximate surface area is 202 Å². The second-order valence-corrected chi connectivity index (χ2v) is 9.24. The van der Waals surface area contributed by atoms with Gasteiger partial charge in [0.1, 0.15) is 0 Å². The zero-order chi connectivity index (χ0) is 23.4. The smallest absolute Gasteiger partial charge is 0.349 e. The Morgan fingerprint density at radius 3 is 2.58 bits per heavy atom. The molecule has 1 aliphatic heterocycles. The van der Waals surface area contributed by atoms with E-state index in [0.29, 0.717) is 9.35 Å². The van der Waals surface area contributed by atoms with Gasteiger partial charge in [-0.25, -0.2) is 19.6 Å². The minimum Gasteiger partial charge on any atom is -0.479 e. The third-order valence-corrected chi connectivity index (χ3v) is 7.40. The number of rotatable bonds is 8. The van der Waals surface area contributed by atoms with Gasteiger partial charge in [-0.3, -0.25) is 0 Å². The van der Waals surface area contributed by atoms with Crippen molar-refractivity contribution in [2.24, 2.45) is 0 Å². The maximum Gasteiger partial charge on any atom is 0.349 e. The second-order valence-electron chi connectivity index (χ2n) is 7.43. The van der Waals surface area contributed by atoms with Gasteiger partial charge in [-0.05, 0) is 52.5 Å². The molecule has 1 aromatic carbocycles. The molecule has 0 radical (unpaired) electrons. The van der Waals surface area contributed by atoms with Crippen LogP contribution in [0.15, 0.2) is 47.2 Å². The van der Waals surface area contributed by atoms with Crippen LogP contribution in [0.1, 0.15) is 22.5 Å². The lowest BCUT2D eigenvalue weighted by molar-refractivity contribution is -0.139. The fraction of sp³-hybridized carbons (Fsp3) is 0.273. The summed E-state index contributed by atoms with van der Waals surface area (Å²) in [4.78, 5) is 33.9. The number of hydrogen-bond acceptors (Lipinski definition) is 8. The van der Waals surface area contributed by atoms with E-state index >= 15 is 0 Å². The lowest BCUT2D eigenvalue weighted by Gasteiger charge is -2.32. The molecule has 1 fully saturated rings. The van der Waals surface area contributed by atoms with E-state index in [9.17, 15) is 14.7 Å². The molecule has 0 unspecified atom stereocenters. The van der Waals surface area contributed by atoms with Crippen LogP contribution >= 0.6 is 27.3 Å². The molecule has 1 aliphatic rings. The molecule has 33 heavy (non-hydrogen) atoms. The summed E-state index contributed by atoms with van der Waals surface area (Å²) < 4.78 is 5.67. The molecule has 0 bridgehead atoms. The van der Waals surface area contributed by atoms with Gasteiger partial charge in [0.05, 0.1) is 9.35 Å². The molecule has 9 nitrogen and oxygen atoms in total. The third-order valence-electron chi connectivity index (χ3n) is 5.17. The van der Waals surface area contributed by atoms with E-state index < -0.39 is 18.5 Å². The molecule has 0 spiro atoms. The molecule has 3 heterocycles. The summed E-state index contributed by atoms with van der Waals surface area (Å²) >= 11 is 4.44. The molecular weight excluding hydrogens is 512 g/mol. The van der Waals surface area contributed by atoms with Gasteiger partial charge in [0.15, 0.2) is 17.2 Å². The number of carbonyl (C=O) groups is 2. The molecule has 3 N–H and O–H groups in total. The molecular formula is C22H21BrN4O5S. The summed E-state index contributed by atoms with van der Waals surface area (Å²) in [5.41, 5.74) is 1.73. The van der Waals surface area contributed by atoms with Crippen LogP contribution < -0.4 is 15.0 Å². The van der Waals surface area contributed by atoms with E-state index in [0.717, 1.165) is 54.5 Å². The van der Waals surface area contributed by atoms with Crippen molar-refractivity contribution in [3.05, 3.63) is 52.1 Å². The number of benzene rings is 1. The number of aliphatic carboxylic acids is 1. The van der Waals surface area contributed by atoms with E-state index in [1.54, 1.807) is 18.5 Å². The summed E-state index contributed by atoms with van der Waals surface area (Å²) in [5.74, 6) is -1.58. The van der Waals surface area contributed by atoms with Gasteiger partial charge in [0.25, 0.3) is 0 Å². The van der Waals surface area contributed by atoms with Crippen LogP contribution in [0.2, 0.25) is 0 Å². The normalized spacial score (nSPS) is 14.2. The van der Waals surface area contributed by atoms with E-state index in [-0.39, 0.29) is 16.7 Å². The van der Waals surface area contributed by atoms with Crippen molar-refractivity contribution < 1.29 is 24.5 Å². The zero-order valence-corrected chi connectivity index (χ0v) is 19.8. The number of halogens is 1. The lowest BCUT2D eigenvalue weighted by atomic mass is 10.0. The van der Waals surface area contributed by atoms with Crippen LogP contribution in [0.3, 0.4) is 0 Å². The van der Waals surface area contributed by atoms with Crippen LogP contribution in [0.4, 0.5) is 11.6 Å². The topological polar surface area (TPSA) is 125 Å². The molecule has 0 aliphatic carbocycles. The van der Waals surface area contributed by atoms with Crippen molar-refractivity contribution in [3.63, 3.8) is 0 Å². The molecule has 0 saturated carbocycles. The molecule has 172 valence electrons. The predicted molar refractivity (Wildman–Crippen MR) is 128 cm³/mol. The number of carboxylic acid groups (broad SMARTS) is 2. The first-order valence-corrected chi connectivity index (χ1v) is 11.8. The monoisotopic (exact) mass is 532 g/mol. The van der Waals surface area contributed by atoms with E-state index in [1.807, 2.05) is 24.3 Å². The highest BCUT2D eigenvalue weighted by Crippen LogP contribution is 2.46. The summed E-state index contributed by atoms with van der Waals surface area (Å²) in [6.07, 6.45) is 5.35. The van der Waals surface area contributed by atoms with Crippen molar-refractivity contribution in [3.8, 4) is 16.2 Å². The first-order chi connectivity index (χ1) is 15.9. The van der Waals surface area contributed by atoms with Crippen LogP contribution in [0.5, 0.6) is 5.75 Å². The fourth-order valence-electron chi connectivity index (χ4n) is 3.65. The minimum atomic E-state index is -1.18. The largest absolute Gasteiger partial charge is 0.479 e. The summed E-state index contributed by atoms with van der Waals surface area (Å²) in [6.45, 7) is 1.08. The number of aromatic carboxylic acids is 1. The quantitative estimate of drug-likeness (QED) is 0.391. The van der Waals surface area contributed by atoms with Gasteiger partial charge in [-0.15, -0.1) is 11.3 Å². The van der Waals surface area contributed by atoms with E-state index in [2.05, 4.69) is 36.1 Å². The average Bonchev–Trinajstić information content (AvgIpc) is 3.15. The number of nitrogens with zero attached hydrogens (tertiary/aromatic N) is 3. The Balaban J connectivity index is 1.48. The van der Waals surface area contributed by atoms with E-state index in [1.165, 1.54) is 0 Å². The zero-order valence-electron chi connectivity index (χ0n) is 17.4. The highest BCUT2D eigenvalue weighted by atomic mass is 79.9. The van der Waals surface area contributed by atoms with Crippen LogP contribution in [-0.4, -0.2) is 57.9 Å². The van der Waals surface area contributed by atoms with Gasteiger partial charge in [0, 0.05) is 37.2 Å². The van der Waals surface area contributed by atoms with Crippen LogP contribution in [0.25, 0.3) is 10.4 Å². The van der Waals surface area contributed by atoms with Crippen molar-refractivity contribution in [2.75, 3.05) is 29.9 Å². The number of hydrogen-bond donors (Lipinski definition) is 3. The van der Waals surface area contributed by atoms with Gasteiger partial charge in [-0.2, -0.15) is 0 Å². The lowest BCUT2D eigenvalue weighted by Crippen LogP contribution is -2.39. The Morgan fingerprint density at radius 1 is 1.18 bits per heavy atom. The summed E-state index contributed by atoms with van der Waals surface area (Å²) in [5, 5.41) is 22.0. The second kappa shape index (κ2) is 10.2. The van der Waals surface area contributed by atoms with Crippen molar-refractivity contribution in [2.45, 2.75) is 18.9 Å². The van der Waals surface area contributed by atoms with Crippen molar-refractivity contribution >= 4 is 50.8 Å². The van der Waals surface area contributed by atoms with Crippen LogP contribution in [-0.2, 0) is 4.79 Å². The molecule has 3 aromatic rings. The summed E-state index contributed by atoms with van der Waals surface area (Å²) in [7, 11) is 0. The Kier molecular flexibility index (Phi) is 7.09. The third kappa shape index (κ3) is 5.42. The highest BCUT2D eigenvalue weighted by molar-refractivity contribution is 9.10. The minimum absolute atomic E-state index is 0.0266. The number of aromatic nitrogens is 2. The standard InChI is InChI=1S/C22H21BrN4O5S/c23-17-18(32-12-16(28)29)20(21(30)31)33-19(17)13-3-1-4-15(11-13)26-14-5-9-27(10-6-14)22-24-7-2-8-25-22/h1-4,7-8,11,14,26H,5-6,9-10,12H2,(H,28,29)(H,30,31). The number of nitrogens with one attached hydrogen (secondary N) is 1. The Morgan fingerprint density at radius 2 is 1.91 bits per heavy atom. The highest BCUT2D eigenvalue weighted by Gasteiger charge is 2.25. The molecule has 2 aromatic heterocycles. The first-order valence-electron chi connectivity index (χ1n) is 10.2. The molecule has 1 saturated heterocycles. The number of thiophene rings is 1. The molecule has 0 atom stereocenters. The maximum absolute atomic E-state index is 11.7. The van der Waals surface area contributed by atoms with Crippen molar-refractivity contribution in [1.82, 2.24) is 9.97 Å². The first kappa shape index (κ1) is 23.0. The molecule has 4 rings (SSSR count). The fourth-order valence-corrected chi connectivity index (χ4v) is 5.54. The van der Waals surface area contributed by atoms with Gasteiger partial charge in [-0.1, -0.05) is 12.1 Å². The summed E-state index contributed by atoms with van der Waals surface area (Å²) in [6, 6.07) is 9.79. The van der Waals surface area contributed by atoms with Gasteiger partial charge >= 0.3 is 11.9 Å². The van der Waals surface area contributed by atoms with Crippen molar-refractivity contribution in [1.29, 1.82) is 0 Å². The van der Waals surface area contributed by atoms with Gasteiger partial charge in [0.2, 0.25) is 5.95 Å². The maximum atomic E-state index is 11.7. The predicted octanol–water partition coefficient (Wildman–Crippen LogP) is 4.21. The number of piperidine rings is 1. The van der Waals surface area contributed by atoms with Gasteiger partial charge < -0.3 is 25.2 Å². The number of carboxylic acids is 2. The average molecular weight is 533 g/mol. The Bertz CT molecular complexity index is 1150.